The molecule has 0 spiro atoms. The van der Waals surface area contributed by atoms with Crippen molar-refractivity contribution in [1.82, 2.24) is 0 Å². The van der Waals surface area contributed by atoms with E-state index in [0.29, 0.717) is 11.8 Å². The van der Waals surface area contributed by atoms with E-state index in [9.17, 15) is 0 Å². The lowest BCUT2D eigenvalue weighted by Gasteiger charge is -2.12. The maximum atomic E-state index is 7.06. The molecule has 0 aromatic carbocycles. The van der Waals surface area contributed by atoms with Crippen LogP contribution in [0, 0.1) is 17.2 Å². The zero-order valence-electron chi connectivity index (χ0n) is 8.46. The van der Waals surface area contributed by atoms with Gasteiger partial charge in [-0.1, -0.05) is 32.1 Å². The molecule has 1 unspecified atom stereocenters. The van der Waals surface area contributed by atoms with E-state index in [1.54, 1.807) is 0 Å². The molecule has 0 aliphatic carbocycles. The standard InChI is InChI=1S/C11H19N/c1-5-6-11(9(2)3)7-10(4)8-12/h5-9,11-12H,1-4H3/b6-5-,10-7-,12-8?. The van der Waals surface area contributed by atoms with Crippen molar-refractivity contribution in [3.8, 4) is 0 Å². The van der Waals surface area contributed by atoms with Crippen molar-refractivity contribution in [2.24, 2.45) is 11.8 Å². The van der Waals surface area contributed by atoms with Gasteiger partial charge in [-0.25, -0.2) is 0 Å². The van der Waals surface area contributed by atoms with Crippen LogP contribution < -0.4 is 0 Å². The number of hydrogen-bond acceptors (Lipinski definition) is 1. The van der Waals surface area contributed by atoms with Crippen molar-refractivity contribution < 1.29 is 0 Å². The van der Waals surface area contributed by atoms with Crippen molar-refractivity contribution in [3.05, 3.63) is 23.8 Å². The third kappa shape index (κ3) is 4.12. The highest BCUT2D eigenvalue weighted by atomic mass is 14.3. The molecule has 0 radical (unpaired) electrons. The summed E-state index contributed by atoms with van der Waals surface area (Å²) in [6.45, 7) is 8.38. The van der Waals surface area contributed by atoms with Gasteiger partial charge in [0, 0.05) is 6.21 Å². The summed E-state index contributed by atoms with van der Waals surface area (Å²) in [4.78, 5) is 0. The second-order valence-corrected chi connectivity index (χ2v) is 3.40. The quantitative estimate of drug-likeness (QED) is 0.487. The highest BCUT2D eigenvalue weighted by Crippen LogP contribution is 2.15. The van der Waals surface area contributed by atoms with Gasteiger partial charge in [-0.15, -0.1) is 0 Å². The first-order chi connectivity index (χ1) is 5.61. The van der Waals surface area contributed by atoms with E-state index in [2.05, 4.69) is 32.1 Å². The molecule has 68 valence electrons. The van der Waals surface area contributed by atoms with E-state index >= 15 is 0 Å². The van der Waals surface area contributed by atoms with Gasteiger partial charge in [0.2, 0.25) is 0 Å². The van der Waals surface area contributed by atoms with E-state index in [1.165, 1.54) is 6.21 Å². The number of hydrogen-bond donors (Lipinski definition) is 1. The largest absolute Gasteiger partial charge is 0.308 e. The number of nitrogens with one attached hydrogen (secondary N) is 1. The Hall–Kier alpha value is -0.850. The van der Waals surface area contributed by atoms with Crippen LogP contribution in [0.5, 0.6) is 0 Å². The molecule has 0 aliphatic heterocycles. The van der Waals surface area contributed by atoms with Gasteiger partial charge in [0.25, 0.3) is 0 Å². The summed E-state index contributed by atoms with van der Waals surface area (Å²) < 4.78 is 0. The lowest BCUT2D eigenvalue weighted by Crippen LogP contribution is -2.02. The molecule has 0 rings (SSSR count). The Bertz CT molecular complexity index is 187. The zero-order valence-corrected chi connectivity index (χ0v) is 8.46. The second-order valence-electron chi connectivity index (χ2n) is 3.40. The van der Waals surface area contributed by atoms with Gasteiger partial charge in [-0.05, 0) is 31.3 Å². The topological polar surface area (TPSA) is 23.9 Å². The van der Waals surface area contributed by atoms with E-state index in [-0.39, 0.29) is 0 Å². The molecular formula is C11H19N. The van der Waals surface area contributed by atoms with Gasteiger partial charge in [-0.2, -0.15) is 0 Å². The van der Waals surface area contributed by atoms with E-state index < -0.39 is 0 Å². The summed E-state index contributed by atoms with van der Waals surface area (Å²) >= 11 is 0. The predicted molar refractivity (Wildman–Crippen MR) is 55.7 cm³/mol. The molecule has 0 aliphatic rings. The highest BCUT2D eigenvalue weighted by Gasteiger charge is 2.05. The summed E-state index contributed by atoms with van der Waals surface area (Å²) in [5, 5.41) is 7.06. The second kappa shape index (κ2) is 5.76. The minimum Gasteiger partial charge on any atom is -0.308 e. The lowest BCUT2D eigenvalue weighted by molar-refractivity contribution is 0.548. The molecule has 0 heterocycles. The molecule has 0 saturated heterocycles. The number of rotatable bonds is 4. The van der Waals surface area contributed by atoms with Crippen LogP contribution in [0.25, 0.3) is 0 Å². The summed E-state index contributed by atoms with van der Waals surface area (Å²) in [7, 11) is 0. The van der Waals surface area contributed by atoms with Gasteiger partial charge in [0.05, 0.1) is 0 Å². The Labute approximate surface area is 75.7 Å². The van der Waals surface area contributed by atoms with Gasteiger partial charge in [0.15, 0.2) is 0 Å². The first kappa shape index (κ1) is 11.2. The van der Waals surface area contributed by atoms with Crippen LogP contribution in [0.1, 0.15) is 27.7 Å². The average Bonchev–Trinajstić information content (AvgIpc) is 2.03. The van der Waals surface area contributed by atoms with Crippen LogP contribution in [-0.2, 0) is 0 Å². The lowest BCUT2D eigenvalue weighted by atomic mass is 9.93. The van der Waals surface area contributed by atoms with Gasteiger partial charge in [0.1, 0.15) is 0 Å². The van der Waals surface area contributed by atoms with Gasteiger partial charge in [-0.3, -0.25) is 0 Å². The van der Waals surface area contributed by atoms with Crippen LogP contribution in [0.15, 0.2) is 23.8 Å². The predicted octanol–water partition coefficient (Wildman–Crippen LogP) is 3.43. The molecule has 0 bridgehead atoms. The average molecular weight is 165 g/mol. The van der Waals surface area contributed by atoms with Gasteiger partial charge >= 0.3 is 0 Å². The smallest absolute Gasteiger partial charge is 0.0204 e. The third-order valence-corrected chi connectivity index (χ3v) is 1.87. The molecular weight excluding hydrogens is 146 g/mol. The van der Waals surface area contributed by atoms with Crippen molar-refractivity contribution in [3.63, 3.8) is 0 Å². The molecule has 12 heavy (non-hydrogen) atoms. The Morgan fingerprint density at radius 1 is 1.33 bits per heavy atom. The highest BCUT2D eigenvalue weighted by molar-refractivity contribution is 5.74. The minimum atomic E-state index is 0.469. The molecule has 0 aromatic rings. The summed E-state index contributed by atoms with van der Waals surface area (Å²) in [6, 6.07) is 0. The molecule has 1 N–H and O–H groups in total. The van der Waals surface area contributed by atoms with Crippen molar-refractivity contribution in [2.45, 2.75) is 27.7 Å². The molecule has 0 amide bonds. The maximum absolute atomic E-state index is 7.06. The third-order valence-electron chi connectivity index (χ3n) is 1.87. The molecule has 0 fully saturated rings. The Kier molecular flexibility index (Phi) is 5.35. The van der Waals surface area contributed by atoms with Crippen LogP contribution in [0.4, 0.5) is 0 Å². The summed E-state index contributed by atoms with van der Waals surface area (Å²) in [5.74, 6) is 1.08. The van der Waals surface area contributed by atoms with Crippen LogP contribution in [0.2, 0.25) is 0 Å². The molecule has 1 nitrogen and oxygen atoms in total. The summed E-state index contributed by atoms with van der Waals surface area (Å²) in [5.41, 5.74) is 1.03. The van der Waals surface area contributed by atoms with Crippen LogP contribution in [-0.4, -0.2) is 6.21 Å². The Balaban J connectivity index is 4.42. The molecule has 0 saturated carbocycles. The Morgan fingerprint density at radius 3 is 2.25 bits per heavy atom. The fourth-order valence-electron chi connectivity index (χ4n) is 1.04. The normalized spacial score (nSPS) is 15.6. The fourth-order valence-corrected chi connectivity index (χ4v) is 1.04. The fraction of sp³-hybridized carbons (Fsp3) is 0.545. The van der Waals surface area contributed by atoms with Gasteiger partial charge < -0.3 is 5.41 Å². The van der Waals surface area contributed by atoms with Crippen LogP contribution >= 0.6 is 0 Å². The monoisotopic (exact) mass is 165 g/mol. The first-order valence-corrected chi connectivity index (χ1v) is 4.43. The van der Waals surface area contributed by atoms with Crippen molar-refractivity contribution in [2.75, 3.05) is 0 Å². The Morgan fingerprint density at radius 2 is 1.92 bits per heavy atom. The van der Waals surface area contributed by atoms with Crippen molar-refractivity contribution in [1.29, 1.82) is 5.41 Å². The minimum absolute atomic E-state index is 0.469. The zero-order chi connectivity index (χ0) is 9.56. The van der Waals surface area contributed by atoms with E-state index in [0.717, 1.165) is 5.57 Å². The van der Waals surface area contributed by atoms with Crippen LogP contribution in [0.3, 0.4) is 0 Å². The van der Waals surface area contributed by atoms with Crippen molar-refractivity contribution >= 4 is 6.21 Å². The SMILES string of the molecule is C/C=C\C(/C=C(/C)C=N)C(C)C. The summed E-state index contributed by atoms with van der Waals surface area (Å²) in [6.07, 6.45) is 7.78. The maximum Gasteiger partial charge on any atom is 0.0204 e. The van der Waals surface area contributed by atoms with E-state index in [1.807, 2.05) is 13.8 Å². The first-order valence-electron chi connectivity index (χ1n) is 4.43. The molecule has 1 heteroatoms. The molecule has 0 aromatic heterocycles. The molecule has 1 atom stereocenters. The van der Waals surface area contributed by atoms with E-state index in [4.69, 9.17) is 5.41 Å². The number of allylic oxidation sites excluding steroid dienone is 4.